The van der Waals surface area contributed by atoms with E-state index in [1.165, 1.54) is 6.07 Å². The number of aryl methyl sites for hydroxylation is 1. The van der Waals surface area contributed by atoms with Crippen molar-refractivity contribution in [3.05, 3.63) is 94.0 Å². The van der Waals surface area contributed by atoms with E-state index in [0.29, 0.717) is 21.3 Å². The monoisotopic (exact) mass is 534 g/mol. The van der Waals surface area contributed by atoms with Gasteiger partial charge in [-0.3, -0.25) is 14.9 Å². The van der Waals surface area contributed by atoms with Crippen LogP contribution in [0.2, 0.25) is 0 Å². The van der Waals surface area contributed by atoms with Crippen molar-refractivity contribution in [1.82, 2.24) is 5.32 Å². The number of aliphatic carboxylic acids is 1. The second kappa shape index (κ2) is 8.62. The van der Waals surface area contributed by atoms with Crippen LogP contribution in [-0.2, 0) is 26.3 Å². The first-order valence-corrected chi connectivity index (χ1v) is 12.1. The van der Waals surface area contributed by atoms with E-state index < -0.39 is 41.2 Å². The van der Waals surface area contributed by atoms with Crippen molar-refractivity contribution in [2.45, 2.75) is 24.9 Å². The lowest BCUT2D eigenvalue weighted by atomic mass is 9.75. The van der Waals surface area contributed by atoms with Gasteiger partial charge in [0.2, 0.25) is 11.8 Å². The Morgan fingerprint density at radius 3 is 2.34 bits per heavy atom. The number of nitrogens with one attached hydrogen (secondary N) is 1. The molecule has 35 heavy (non-hydrogen) atoms. The van der Waals surface area contributed by atoms with Gasteiger partial charge in [-0.25, -0.2) is 9.69 Å². The number of fused-ring (bicyclic) bond motifs is 1. The van der Waals surface area contributed by atoms with Crippen molar-refractivity contribution in [3.63, 3.8) is 0 Å². The number of carboxylic acid groups (broad SMARTS) is 1. The zero-order valence-electron chi connectivity index (χ0n) is 18.8. The van der Waals surface area contributed by atoms with Gasteiger partial charge in [-0.2, -0.15) is 0 Å². The number of anilines is 1. The molecular formula is C27H23BrN2O5. The molecule has 2 heterocycles. The lowest BCUT2D eigenvalue weighted by Gasteiger charge is -2.31. The summed E-state index contributed by atoms with van der Waals surface area (Å²) in [6.07, 6.45) is 0.803. The molecule has 0 bridgehead atoms. The van der Waals surface area contributed by atoms with Gasteiger partial charge in [0, 0.05) is 16.1 Å². The first-order chi connectivity index (χ1) is 16.8. The Morgan fingerprint density at radius 2 is 1.71 bits per heavy atom. The Bertz CT molecular complexity index is 1330. The number of carbonyl (C=O) groups is 3. The quantitative estimate of drug-likeness (QED) is 0.424. The van der Waals surface area contributed by atoms with E-state index in [2.05, 4.69) is 21.2 Å². The molecule has 2 amide bonds. The Balaban J connectivity index is 1.72. The molecule has 4 atom stereocenters. The summed E-state index contributed by atoms with van der Waals surface area (Å²) < 4.78 is 0.653. The number of halogens is 1. The Hall–Kier alpha value is -3.49. The number of nitrogens with zero attached hydrogens (tertiary/aromatic N) is 1. The maximum Gasteiger partial charge on any atom is 0.329 e. The average Bonchev–Trinajstić information content (AvgIpc) is 3.36. The maximum atomic E-state index is 13.9. The number of phenols is 1. The molecule has 0 radical (unpaired) electrons. The summed E-state index contributed by atoms with van der Waals surface area (Å²) in [7, 11) is 0. The molecule has 2 fully saturated rings. The van der Waals surface area contributed by atoms with Gasteiger partial charge in [-0.15, -0.1) is 0 Å². The molecule has 3 aromatic carbocycles. The number of carbonyl (C=O) groups excluding carboxylic acids is 2. The number of rotatable bonds is 5. The normalized spacial score (nSPS) is 25.7. The van der Waals surface area contributed by atoms with Gasteiger partial charge in [0.15, 0.2) is 5.54 Å². The Morgan fingerprint density at radius 1 is 1.03 bits per heavy atom. The average molecular weight is 535 g/mol. The summed E-state index contributed by atoms with van der Waals surface area (Å²) in [5.74, 6) is -4.70. The first kappa shape index (κ1) is 23.3. The lowest BCUT2D eigenvalue weighted by molar-refractivity contribution is -0.149. The van der Waals surface area contributed by atoms with Gasteiger partial charge in [0.05, 0.1) is 17.5 Å². The second-order valence-electron chi connectivity index (χ2n) is 8.84. The molecular weight excluding hydrogens is 512 g/mol. The van der Waals surface area contributed by atoms with Gasteiger partial charge in [0.1, 0.15) is 5.75 Å². The molecule has 4 unspecified atom stereocenters. The van der Waals surface area contributed by atoms with Crippen LogP contribution in [0.25, 0.3) is 0 Å². The lowest BCUT2D eigenvalue weighted by Crippen LogP contribution is -2.53. The molecule has 0 aromatic heterocycles. The molecule has 0 spiro atoms. The highest BCUT2D eigenvalue weighted by Gasteiger charge is 2.69. The number of hydrogen-bond donors (Lipinski definition) is 3. The number of benzene rings is 3. The molecule has 2 aliphatic rings. The van der Waals surface area contributed by atoms with Crippen LogP contribution < -0.4 is 10.2 Å². The van der Waals surface area contributed by atoms with Crippen LogP contribution in [0.1, 0.15) is 29.7 Å². The molecule has 0 aliphatic carbocycles. The fraction of sp³-hybridized carbons (Fsp3) is 0.222. The minimum Gasteiger partial charge on any atom is -0.508 e. The minimum atomic E-state index is -1.86. The Labute approximate surface area is 210 Å². The standard InChI is InChI=1S/C27H23BrN2O5/c1-2-15-8-11-18(12-9-15)30-24(32)21-22(25(30)33)27(26(34)35,16-6-4-3-5-7-16)29-23(21)19-14-17(28)10-13-20(19)31/h3-14,21-23,29,31H,2H2,1H3,(H,34,35). The number of phenolic OH excluding ortho intramolecular Hbond substituents is 1. The smallest absolute Gasteiger partial charge is 0.329 e. The van der Waals surface area contributed by atoms with Crippen molar-refractivity contribution in [3.8, 4) is 5.75 Å². The van der Waals surface area contributed by atoms with E-state index in [4.69, 9.17) is 0 Å². The molecule has 7 nitrogen and oxygen atoms in total. The molecule has 0 saturated carbocycles. The van der Waals surface area contributed by atoms with E-state index in [1.54, 1.807) is 54.6 Å². The zero-order valence-corrected chi connectivity index (χ0v) is 20.4. The van der Waals surface area contributed by atoms with E-state index in [-0.39, 0.29) is 5.75 Å². The van der Waals surface area contributed by atoms with Crippen LogP contribution in [-0.4, -0.2) is 28.0 Å². The predicted octanol–water partition coefficient (Wildman–Crippen LogP) is 4.15. The topological polar surface area (TPSA) is 107 Å². The van der Waals surface area contributed by atoms with Gasteiger partial charge < -0.3 is 10.2 Å². The van der Waals surface area contributed by atoms with Crippen molar-refractivity contribution < 1.29 is 24.6 Å². The van der Waals surface area contributed by atoms with Crippen LogP contribution in [0, 0.1) is 11.8 Å². The van der Waals surface area contributed by atoms with Gasteiger partial charge >= 0.3 is 5.97 Å². The van der Waals surface area contributed by atoms with Crippen LogP contribution in [0.4, 0.5) is 5.69 Å². The molecule has 2 aliphatic heterocycles. The van der Waals surface area contributed by atoms with Gasteiger partial charge in [-0.05, 0) is 47.9 Å². The van der Waals surface area contributed by atoms with Crippen molar-refractivity contribution >= 4 is 39.4 Å². The summed E-state index contributed by atoms with van der Waals surface area (Å²) in [5.41, 5.74) is 0.296. The highest BCUT2D eigenvalue weighted by Crippen LogP contribution is 2.54. The summed E-state index contributed by atoms with van der Waals surface area (Å²) in [5, 5.41) is 24.3. The van der Waals surface area contributed by atoms with Crippen LogP contribution >= 0.6 is 15.9 Å². The van der Waals surface area contributed by atoms with E-state index in [0.717, 1.165) is 16.9 Å². The van der Waals surface area contributed by atoms with E-state index in [1.807, 2.05) is 19.1 Å². The third-order valence-corrected chi connectivity index (χ3v) is 7.55. The summed E-state index contributed by atoms with van der Waals surface area (Å²) >= 11 is 3.39. The summed E-state index contributed by atoms with van der Waals surface area (Å²) in [6.45, 7) is 2.01. The molecule has 3 aromatic rings. The number of carboxylic acids is 1. The van der Waals surface area contributed by atoms with Crippen LogP contribution in [0.15, 0.2) is 77.3 Å². The predicted molar refractivity (Wildman–Crippen MR) is 133 cm³/mol. The molecule has 178 valence electrons. The molecule has 5 rings (SSSR count). The van der Waals surface area contributed by atoms with Crippen LogP contribution in [0.5, 0.6) is 5.75 Å². The summed E-state index contributed by atoms with van der Waals surface area (Å²) in [4.78, 5) is 41.8. The molecule has 3 N–H and O–H groups in total. The van der Waals surface area contributed by atoms with Gasteiger partial charge in [-0.1, -0.05) is 65.3 Å². The Kier molecular flexibility index (Phi) is 5.73. The SMILES string of the molecule is CCc1ccc(N2C(=O)C3C(c4cc(Br)ccc4O)NC(C(=O)O)(c4ccccc4)C3C2=O)cc1. The minimum absolute atomic E-state index is 0.0929. The van der Waals surface area contributed by atoms with E-state index in [9.17, 15) is 24.6 Å². The first-order valence-electron chi connectivity index (χ1n) is 11.3. The van der Waals surface area contributed by atoms with Crippen molar-refractivity contribution in [2.75, 3.05) is 4.90 Å². The number of imide groups is 1. The van der Waals surface area contributed by atoms with E-state index >= 15 is 0 Å². The zero-order chi connectivity index (χ0) is 24.9. The molecule has 8 heteroatoms. The fourth-order valence-corrected chi connectivity index (χ4v) is 5.75. The highest BCUT2D eigenvalue weighted by atomic mass is 79.9. The third-order valence-electron chi connectivity index (χ3n) is 7.05. The number of hydrogen-bond acceptors (Lipinski definition) is 5. The maximum absolute atomic E-state index is 13.9. The fourth-order valence-electron chi connectivity index (χ4n) is 5.37. The highest BCUT2D eigenvalue weighted by molar-refractivity contribution is 9.10. The largest absolute Gasteiger partial charge is 0.508 e. The van der Waals surface area contributed by atoms with Gasteiger partial charge in [0.25, 0.3) is 0 Å². The van der Waals surface area contributed by atoms with Crippen LogP contribution in [0.3, 0.4) is 0 Å². The number of amides is 2. The van der Waals surface area contributed by atoms with Crippen molar-refractivity contribution in [2.24, 2.45) is 11.8 Å². The third kappa shape index (κ3) is 3.47. The van der Waals surface area contributed by atoms with Crippen molar-refractivity contribution in [1.29, 1.82) is 0 Å². The molecule has 2 saturated heterocycles. The number of aromatic hydroxyl groups is 1. The second-order valence-corrected chi connectivity index (χ2v) is 9.76. The summed E-state index contributed by atoms with van der Waals surface area (Å²) in [6, 6.07) is 19.4.